The standard InChI is InChI=1S/C23H26IN3O6/c1-26(2)14-8-13(24)18(28)17-10(14)5-9-6-12-15(27(3)4)7-11(22(25)32)20(30)23(12,33)21(31)16(9)19(17)29/h7-9,12,15,28-29,33H,5-6H2,1-4H3,(H2,25,32)/t9?,12?,15-,23-/m1/s1. The smallest absolute Gasteiger partial charge is 0.252 e. The van der Waals surface area contributed by atoms with E-state index >= 15 is 0 Å². The van der Waals surface area contributed by atoms with Gasteiger partial charge >= 0.3 is 0 Å². The molecule has 33 heavy (non-hydrogen) atoms. The Morgan fingerprint density at radius 2 is 1.82 bits per heavy atom. The largest absolute Gasteiger partial charge is 0.507 e. The Labute approximate surface area is 204 Å². The van der Waals surface area contributed by atoms with E-state index in [2.05, 4.69) is 0 Å². The minimum atomic E-state index is -2.53. The van der Waals surface area contributed by atoms with Gasteiger partial charge in [0.05, 0.1) is 14.7 Å². The molecule has 0 bridgehead atoms. The molecular formula is C23H26IN3O6. The maximum absolute atomic E-state index is 13.7. The number of aliphatic hydroxyl groups is 2. The van der Waals surface area contributed by atoms with Crippen molar-refractivity contribution in [3.8, 4) is 5.75 Å². The first-order chi connectivity index (χ1) is 15.3. The molecule has 0 spiro atoms. The van der Waals surface area contributed by atoms with Crippen LogP contribution in [0.4, 0.5) is 5.69 Å². The molecule has 4 atom stereocenters. The van der Waals surface area contributed by atoms with Gasteiger partial charge in [-0.3, -0.25) is 14.4 Å². The monoisotopic (exact) mass is 567 g/mol. The molecule has 3 aliphatic rings. The van der Waals surface area contributed by atoms with E-state index in [1.54, 1.807) is 19.0 Å². The number of nitrogens with zero attached hydrogens (tertiary/aromatic N) is 2. The fraction of sp³-hybridized carbons (Fsp3) is 0.435. The Bertz CT molecular complexity index is 1170. The van der Waals surface area contributed by atoms with Crippen molar-refractivity contribution in [1.82, 2.24) is 4.90 Å². The zero-order chi connectivity index (χ0) is 24.6. The minimum Gasteiger partial charge on any atom is -0.507 e. The lowest BCUT2D eigenvalue weighted by Crippen LogP contribution is -2.65. The lowest BCUT2D eigenvalue weighted by Gasteiger charge is -2.49. The van der Waals surface area contributed by atoms with Crippen LogP contribution in [0.15, 0.2) is 23.3 Å². The fourth-order valence-corrected chi connectivity index (χ4v) is 6.04. The van der Waals surface area contributed by atoms with Crippen LogP contribution in [-0.2, 0) is 20.8 Å². The summed E-state index contributed by atoms with van der Waals surface area (Å²) >= 11 is 1.94. The number of benzene rings is 1. The van der Waals surface area contributed by atoms with Crippen LogP contribution in [0, 0.1) is 15.4 Å². The summed E-state index contributed by atoms with van der Waals surface area (Å²) in [7, 11) is 7.15. The predicted octanol–water partition coefficient (Wildman–Crippen LogP) is 0.749. The number of phenols is 1. The molecule has 3 aliphatic carbocycles. The molecule has 1 aromatic carbocycles. The Morgan fingerprint density at radius 1 is 1.18 bits per heavy atom. The summed E-state index contributed by atoms with van der Waals surface area (Å²) in [6.07, 6.45) is 1.98. The molecule has 176 valence electrons. The van der Waals surface area contributed by atoms with Gasteiger partial charge in [-0.25, -0.2) is 0 Å². The van der Waals surface area contributed by atoms with Crippen LogP contribution >= 0.6 is 22.6 Å². The van der Waals surface area contributed by atoms with Gasteiger partial charge in [0.25, 0.3) is 5.91 Å². The van der Waals surface area contributed by atoms with Crippen LogP contribution in [0.3, 0.4) is 0 Å². The number of primary amides is 1. The predicted molar refractivity (Wildman–Crippen MR) is 130 cm³/mol. The molecule has 0 aliphatic heterocycles. The van der Waals surface area contributed by atoms with Crippen molar-refractivity contribution in [3.05, 3.63) is 38.0 Å². The van der Waals surface area contributed by atoms with Crippen molar-refractivity contribution in [2.45, 2.75) is 24.5 Å². The molecular weight excluding hydrogens is 541 g/mol. The maximum Gasteiger partial charge on any atom is 0.252 e. The van der Waals surface area contributed by atoms with Crippen molar-refractivity contribution < 1.29 is 29.7 Å². The summed E-state index contributed by atoms with van der Waals surface area (Å²) < 4.78 is 0.487. The van der Waals surface area contributed by atoms with E-state index in [1.807, 2.05) is 47.7 Å². The number of fused-ring (bicyclic) bond motifs is 3. The molecule has 9 nitrogen and oxygen atoms in total. The highest BCUT2D eigenvalue weighted by atomic mass is 127. The molecule has 1 fully saturated rings. The minimum absolute atomic E-state index is 0.0974. The summed E-state index contributed by atoms with van der Waals surface area (Å²) in [6.45, 7) is 0. The topological polar surface area (TPSA) is 144 Å². The highest BCUT2D eigenvalue weighted by Crippen LogP contribution is 2.52. The number of nitrogens with two attached hydrogens (primary N) is 1. The molecule has 5 N–H and O–H groups in total. The number of anilines is 1. The number of ketones is 2. The number of rotatable bonds is 3. The summed E-state index contributed by atoms with van der Waals surface area (Å²) in [5.41, 5.74) is 3.94. The Balaban J connectivity index is 1.96. The first-order valence-electron chi connectivity index (χ1n) is 10.5. The molecule has 10 heteroatoms. The van der Waals surface area contributed by atoms with Crippen LogP contribution in [0.25, 0.3) is 5.76 Å². The number of carbonyl (C=O) groups is 3. The molecule has 0 radical (unpaired) electrons. The number of phenolic OH excluding ortho intramolecular Hbond substituents is 1. The Kier molecular flexibility index (Phi) is 5.61. The second-order valence-corrected chi connectivity index (χ2v) is 10.5. The van der Waals surface area contributed by atoms with Crippen LogP contribution in [0.1, 0.15) is 17.5 Å². The molecule has 0 aromatic heterocycles. The maximum atomic E-state index is 13.7. The van der Waals surface area contributed by atoms with E-state index in [1.165, 1.54) is 6.08 Å². The first-order valence-corrected chi connectivity index (χ1v) is 11.5. The van der Waals surface area contributed by atoms with Crippen molar-refractivity contribution in [1.29, 1.82) is 0 Å². The van der Waals surface area contributed by atoms with E-state index in [0.717, 1.165) is 5.69 Å². The molecule has 0 heterocycles. The third-order valence-corrected chi connectivity index (χ3v) is 7.86. The quantitative estimate of drug-likeness (QED) is 0.238. The van der Waals surface area contributed by atoms with Crippen molar-refractivity contribution >= 4 is 51.5 Å². The van der Waals surface area contributed by atoms with Gasteiger partial charge in [-0.2, -0.15) is 0 Å². The molecule has 1 saturated carbocycles. The third kappa shape index (κ3) is 3.22. The summed E-state index contributed by atoms with van der Waals surface area (Å²) in [5.74, 6) is -4.94. The first kappa shape index (κ1) is 23.7. The lowest BCUT2D eigenvalue weighted by atomic mass is 9.57. The van der Waals surface area contributed by atoms with Gasteiger partial charge in [-0.05, 0) is 67.1 Å². The Morgan fingerprint density at radius 3 is 2.36 bits per heavy atom. The third-order valence-electron chi connectivity index (χ3n) is 7.04. The average molecular weight is 567 g/mol. The number of aromatic hydroxyl groups is 1. The summed E-state index contributed by atoms with van der Waals surface area (Å²) in [4.78, 5) is 42.4. The fourth-order valence-electron chi connectivity index (χ4n) is 5.48. The summed E-state index contributed by atoms with van der Waals surface area (Å²) in [6, 6.07) is 1.21. The van der Waals surface area contributed by atoms with E-state index in [0.29, 0.717) is 15.6 Å². The number of amides is 1. The van der Waals surface area contributed by atoms with Crippen LogP contribution in [0.2, 0.25) is 0 Å². The van der Waals surface area contributed by atoms with Gasteiger partial charge < -0.3 is 30.9 Å². The normalized spacial score (nSPS) is 28.8. The highest BCUT2D eigenvalue weighted by molar-refractivity contribution is 14.1. The van der Waals surface area contributed by atoms with E-state index in [9.17, 15) is 29.7 Å². The molecule has 2 unspecified atom stereocenters. The number of halogens is 1. The van der Waals surface area contributed by atoms with Gasteiger partial charge in [0.2, 0.25) is 11.6 Å². The number of carbonyl (C=O) groups excluding carboxylic acids is 3. The number of aliphatic hydroxyl groups excluding tert-OH is 1. The van der Waals surface area contributed by atoms with Gasteiger partial charge in [-0.15, -0.1) is 0 Å². The van der Waals surface area contributed by atoms with Crippen molar-refractivity contribution in [3.63, 3.8) is 0 Å². The second kappa shape index (κ2) is 7.81. The Hall–Kier alpha value is -2.44. The van der Waals surface area contributed by atoms with Crippen LogP contribution < -0.4 is 10.6 Å². The molecule has 4 rings (SSSR count). The van der Waals surface area contributed by atoms with Gasteiger partial charge in [0, 0.05) is 37.3 Å². The van der Waals surface area contributed by atoms with Crippen LogP contribution in [-0.4, -0.2) is 77.5 Å². The highest BCUT2D eigenvalue weighted by Gasteiger charge is 2.63. The number of Topliss-reactive ketones (excluding diaryl/α,β-unsaturated/α-hetero) is 2. The SMILES string of the molecule is CN(C)c1cc(I)c(O)c2c1CC1CC3[C@H](N(C)C)C=C(C(N)=O)C(=O)[C@@]3(O)C(=O)C1=C2O. The summed E-state index contributed by atoms with van der Waals surface area (Å²) in [5, 5.41) is 33.5. The number of hydrogen-bond acceptors (Lipinski definition) is 8. The number of hydrogen-bond donors (Lipinski definition) is 4. The van der Waals surface area contributed by atoms with E-state index in [-0.39, 0.29) is 23.3 Å². The zero-order valence-corrected chi connectivity index (χ0v) is 20.9. The van der Waals surface area contributed by atoms with E-state index in [4.69, 9.17) is 5.73 Å². The average Bonchev–Trinajstić information content (AvgIpc) is 2.72. The molecule has 0 saturated heterocycles. The van der Waals surface area contributed by atoms with Crippen LogP contribution in [0.5, 0.6) is 5.75 Å². The zero-order valence-electron chi connectivity index (χ0n) is 18.7. The van der Waals surface area contributed by atoms with Crippen molar-refractivity contribution in [2.24, 2.45) is 17.6 Å². The van der Waals surface area contributed by atoms with Gasteiger partial charge in [0.15, 0.2) is 5.60 Å². The molecule has 1 amide bonds. The van der Waals surface area contributed by atoms with Crippen molar-refractivity contribution in [2.75, 3.05) is 33.1 Å². The van der Waals surface area contributed by atoms with E-state index < -0.39 is 52.3 Å². The molecule has 1 aromatic rings. The lowest BCUT2D eigenvalue weighted by molar-refractivity contribution is -0.160. The van der Waals surface area contributed by atoms with Gasteiger partial charge in [0.1, 0.15) is 11.5 Å². The number of likely N-dealkylation sites (N-methyl/N-ethyl adjacent to an activating group) is 1. The second-order valence-electron chi connectivity index (χ2n) is 9.30. The van der Waals surface area contributed by atoms with Gasteiger partial charge in [-0.1, -0.05) is 6.08 Å².